The number of hydrogen-bond acceptors (Lipinski definition) is 4. The molecule has 0 spiro atoms. The predicted molar refractivity (Wildman–Crippen MR) is 63.9 cm³/mol. The maximum atomic E-state index is 11.2. The van der Waals surface area contributed by atoms with Crippen molar-refractivity contribution in [2.24, 2.45) is 0 Å². The number of nitrogens with one attached hydrogen (secondary N) is 2. The molecule has 2 N–H and O–H groups in total. The summed E-state index contributed by atoms with van der Waals surface area (Å²) in [6.45, 7) is 4.59. The minimum absolute atomic E-state index is 0.129. The molecule has 1 aliphatic rings. The van der Waals surface area contributed by atoms with E-state index < -0.39 is 10.0 Å². The molecule has 0 bridgehead atoms. The minimum Gasteiger partial charge on any atom is -0.375 e. The first-order valence-corrected chi connectivity index (χ1v) is 7.38. The molecule has 16 heavy (non-hydrogen) atoms. The number of sulfonamides is 1. The zero-order valence-electron chi connectivity index (χ0n) is 10.2. The van der Waals surface area contributed by atoms with Gasteiger partial charge in [0.15, 0.2) is 0 Å². The van der Waals surface area contributed by atoms with Crippen LogP contribution in [-0.4, -0.2) is 46.0 Å². The number of rotatable bonds is 5. The van der Waals surface area contributed by atoms with E-state index in [-0.39, 0.29) is 18.0 Å². The molecule has 2 unspecified atom stereocenters. The van der Waals surface area contributed by atoms with Gasteiger partial charge < -0.3 is 10.1 Å². The van der Waals surface area contributed by atoms with E-state index in [9.17, 15) is 8.42 Å². The third-order valence-corrected chi connectivity index (χ3v) is 4.18. The lowest BCUT2D eigenvalue weighted by atomic mass is 10.00. The van der Waals surface area contributed by atoms with Gasteiger partial charge in [-0.3, -0.25) is 0 Å². The van der Waals surface area contributed by atoms with Gasteiger partial charge >= 0.3 is 0 Å². The molecule has 1 rings (SSSR count). The molecule has 6 heteroatoms. The highest BCUT2D eigenvalue weighted by Crippen LogP contribution is 2.18. The smallest absolute Gasteiger partial charge is 0.212 e. The van der Waals surface area contributed by atoms with E-state index in [1.807, 2.05) is 0 Å². The molecule has 5 nitrogen and oxygen atoms in total. The number of hydrogen-bond donors (Lipinski definition) is 2. The Balaban J connectivity index is 2.27. The molecule has 0 aromatic heterocycles. The van der Waals surface area contributed by atoms with Gasteiger partial charge in [-0.2, -0.15) is 0 Å². The van der Waals surface area contributed by atoms with Gasteiger partial charge in [-0.05, 0) is 33.7 Å². The Morgan fingerprint density at radius 1 is 1.25 bits per heavy atom. The zero-order valence-corrected chi connectivity index (χ0v) is 11.0. The Labute approximate surface area is 98.0 Å². The lowest BCUT2D eigenvalue weighted by Gasteiger charge is -2.32. The van der Waals surface area contributed by atoms with E-state index in [1.54, 1.807) is 0 Å². The first-order chi connectivity index (χ1) is 7.43. The molecule has 96 valence electrons. The summed E-state index contributed by atoms with van der Waals surface area (Å²) < 4.78 is 30.3. The Hall–Kier alpha value is -0.170. The van der Waals surface area contributed by atoms with Crippen molar-refractivity contribution >= 4 is 10.0 Å². The topological polar surface area (TPSA) is 67.4 Å². The second-order valence-corrected chi connectivity index (χ2v) is 6.45. The first kappa shape index (κ1) is 13.9. The Kier molecular flexibility index (Phi) is 5.17. The molecular weight excluding hydrogens is 228 g/mol. The van der Waals surface area contributed by atoms with Gasteiger partial charge in [-0.1, -0.05) is 0 Å². The van der Waals surface area contributed by atoms with Gasteiger partial charge in [-0.25, -0.2) is 13.1 Å². The van der Waals surface area contributed by atoms with E-state index in [0.29, 0.717) is 12.6 Å². The summed E-state index contributed by atoms with van der Waals surface area (Å²) in [5.74, 6) is 0.129. The normalized spacial score (nSPS) is 31.6. The third kappa shape index (κ3) is 4.78. The second kappa shape index (κ2) is 5.95. The van der Waals surface area contributed by atoms with Gasteiger partial charge in [-0.15, -0.1) is 0 Å². The Bertz CT molecular complexity index is 295. The summed E-state index contributed by atoms with van der Waals surface area (Å²) in [5.41, 5.74) is 0. The third-order valence-electron chi connectivity index (χ3n) is 2.81. The van der Waals surface area contributed by atoms with Crippen LogP contribution in [0.25, 0.3) is 0 Å². The first-order valence-electron chi connectivity index (χ1n) is 5.73. The average Bonchev–Trinajstić information content (AvgIpc) is 2.16. The van der Waals surface area contributed by atoms with E-state index in [0.717, 1.165) is 12.8 Å². The Morgan fingerprint density at radius 2 is 1.81 bits per heavy atom. The van der Waals surface area contributed by atoms with Gasteiger partial charge in [0.05, 0.1) is 18.0 Å². The maximum Gasteiger partial charge on any atom is 0.212 e. The van der Waals surface area contributed by atoms with Crippen molar-refractivity contribution in [2.75, 3.05) is 19.3 Å². The Morgan fingerprint density at radius 3 is 2.31 bits per heavy atom. The molecular formula is C10H22N2O3S. The van der Waals surface area contributed by atoms with Crippen molar-refractivity contribution in [1.82, 2.24) is 10.0 Å². The molecule has 0 saturated carbocycles. The fraction of sp³-hybridized carbons (Fsp3) is 1.00. The average molecular weight is 250 g/mol. The van der Waals surface area contributed by atoms with Crippen molar-refractivity contribution in [1.29, 1.82) is 0 Å². The van der Waals surface area contributed by atoms with Gasteiger partial charge in [0, 0.05) is 12.6 Å². The highest BCUT2D eigenvalue weighted by Gasteiger charge is 2.24. The summed E-state index contributed by atoms with van der Waals surface area (Å²) in [5, 5.41) is 3.27. The molecule has 1 aliphatic heterocycles. The summed E-state index contributed by atoms with van der Waals surface area (Å²) >= 11 is 0. The van der Waals surface area contributed by atoms with Crippen LogP contribution in [0.3, 0.4) is 0 Å². The molecule has 1 saturated heterocycles. The van der Waals surface area contributed by atoms with Crippen molar-refractivity contribution in [2.45, 2.75) is 44.9 Å². The van der Waals surface area contributed by atoms with Crippen LogP contribution in [0.4, 0.5) is 0 Å². The summed E-state index contributed by atoms with van der Waals surface area (Å²) in [4.78, 5) is 0. The highest BCUT2D eigenvalue weighted by molar-refractivity contribution is 7.89. The number of ether oxygens (including phenoxy) is 1. The van der Waals surface area contributed by atoms with Crippen LogP contribution in [0.1, 0.15) is 26.7 Å². The molecule has 1 heterocycles. The van der Waals surface area contributed by atoms with Gasteiger partial charge in [0.1, 0.15) is 0 Å². The molecule has 0 aromatic carbocycles. The lowest BCUT2D eigenvalue weighted by Crippen LogP contribution is -2.43. The molecule has 2 atom stereocenters. The summed E-state index contributed by atoms with van der Waals surface area (Å²) in [6.07, 6.45) is 2.40. The monoisotopic (exact) mass is 250 g/mol. The van der Waals surface area contributed by atoms with Crippen LogP contribution in [-0.2, 0) is 14.8 Å². The molecule has 0 aliphatic carbocycles. The highest BCUT2D eigenvalue weighted by atomic mass is 32.2. The van der Waals surface area contributed by atoms with Gasteiger partial charge in [0.25, 0.3) is 0 Å². The molecule has 0 aromatic rings. The summed E-state index contributed by atoms with van der Waals surface area (Å²) in [7, 11) is -1.65. The van der Waals surface area contributed by atoms with E-state index in [4.69, 9.17) is 4.74 Å². The SMILES string of the molecule is CNS(=O)(=O)CCNC1CC(C)OC(C)C1. The van der Waals surface area contributed by atoms with Crippen molar-refractivity contribution in [3.05, 3.63) is 0 Å². The predicted octanol–water partition coefficient (Wildman–Crippen LogP) is 0.0812. The molecule has 0 radical (unpaired) electrons. The van der Waals surface area contributed by atoms with Crippen LogP contribution in [0.15, 0.2) is 0 Å². The van der Waals surface area contributed by atoms with Crippen molar-refractivity contribution < 1.29 is 13.2 Å². The van der Waals surface area contributed by atoms with Crippen LogP contribution in [0, 0.1) is 0 Å². The maximum absolute atomic E-state index is 11.2. The lowest BCUT2D eigenvalue weighted by molar-refractivity contribution is -0.0417. The second-order valence-electron chi connectivity index (χ2n) is 4.40. The van der Waals surface area contributed by atoms with Crippen LogP contribution in [0.2, 0.25) is 0 Å². The minimum atomic E-state index is -3.09. The fourth-order valence-corrected chi connectivity index (χ4v) is 2.66. The molecule has 0 amide bonds. The largest absolute Gasteiger partial charge is 0.375 e. The molecule has 1 fully saturated rings. The van der Waals surface area contributed by atoms with E-state index in [1.165, 1.54) is 7.05 Å². The van der Waals surface area contributed by atoms with E-state index >= 15 is 0 Å². The van der Waals surface area contributed by atoms with Gasteiger partial charge in [0.2, 0.25) is 10.0 Å². The zero-order chi connectivity index (χ0) is 12.2. The van der Waals surface area contributed by atoms with E-state index in [2.05, 4.69) is 23.9 Å². The van der Waals surface area contributed by atoms with Crippen molar-refractivity contribution in [3.63, 3.8) is 0 Å². The van der Waals surface area contributed by atoms with Crippen molar-refractivity contribution in [3.8, 4) is 0 Å². The summed E-state index contributed by atoms with van der Waals surface area (Å²) in [6, 6.07) is 0.366. The van der Waals surface area contributed by atoms with Crippen LogP contribution >= 0.6 is 0 Å². The van der Waals surface area contributed by atoms with Crippen LogP contribution in [0.5, 0.6) is 0 Å². The van der Waals surface area contributed by atoms with Crippen LogP contribution < -0.4 is 10.0 Å². The fourth-order valence-electron chi connectivity index (χ4n) is 2.07. The quantitative estimate of drug-likeness (QED) is 0.725. The standard InChI is InChI=1S/C10H22N2O3S/c1-8-6-10(7-9(2)15-8)12-4-5-16(13,14)11-3/h8-12H,4-7H2,1-3H3.